The quantitative estimate of drug-likeness (QED) is 0.242. The molecule has 1 rings (SSSR count). The van der Waals surface area contributed by atoms with Crippen LogP contribution >= 0.6 is 0 Å². The highest BCUT2D eigenvalue weighted by atomic mass is 16.6. The van der Waals surface area contributed by atoms with Gasteiger partial charge in [-0.3, -0.25) is 14.9 Å². The van der Waals surface area contributed by atoms with Gasteiger partial charge in [-0.05, 0) is 0 Å². The lowest BCUT2D eigenvalue weighted by atomic mass is 10.1. The van der Waals surface area contributed by atoms with Crippen LogP contribution in [0.1, 0.15) is 10.4 Å². The molecule has 0 heterocycles. The second kappa shape index (κ2) is 5.77. The summed E-state index contributed by atoms with van der Waals surface area (Å²) in [5.74, 6) is -0.287. The summed E-state index contributed by atoms with van der Waals surface area (Å²) in [6.45, 7) is 3.62. The first kappa shape index (κ1) is 12.1. The smallest absolute Gasteiger partial charge is 0.270 e. The molecule has 0 radical (unpaired) electrons. The molecule has 0 atom stereocenters. The van der Waals surface area contributed by atoms with E-state index in [0.717, 1.165) is 0 Å². The minimum Gasteiger partial charge on any atom is -0.369 e. The molecule has 1 aromatic carbocycles. The standard InChI is InChI=1S/C11H11NO4/c1-2-6-16-8-11(13)9-4-3-5-10(7-9)12(14)15/h2-5,7H,1,6,8H2. The summed E-state index contributed by atoms with van der Waals surface area (Å²) in [4.78, 5) is 21.5. The highest BCUT2D eigenvalue weighted by molar-refractivity contribution is 5.97. The fraction of sp³-hybridized carbons (Fsp3) is 0.182. The van der Waals surface area contributed by atoms with Crippen LogP contribution in [0.4, 0.5) is 5.69 Å². The van der Waals surface area contributed by atoms with Gasteiger partial charge in [-0.15, -0.1) is 6.58 Å². The Kier molecular flexibility index (Phi) is 4.35. The summed E-state index contributed by atoms with van der Waals surface area (Å²) < 4.78 is 4.96. The number of nitro groups is 1. The summed E-state index contributed by atoms with van der Waals surface area (Å²) >= 11 is 0. The van der Waals surface area contributed by atoms with Crippen molar-refractivity contribution < 1.29 is 14.5 Å². The first-order chi connectivity index (χ1) is 7.65. The molecule has 16 heavy (non-hydrogen) atoms. The van der Waals surface area contributed by atoms with Gasteiger partial charge < -0.3 is 4.74 Å². The molecule has 5 nitrogen and oxygen atoms in total. The molecular weight excluding hydrogens is 210 g/mol. The number of Topliss-reactive ketones (excluding diaryl/α,β-unsaturated/α-hetero) is 1. The monoisotopic (exact) mass is 221 g/mol. The number of non-ortho nitro benzene ring substituents is 1. The zero-order valence-corrected chi connectivity index (χ0v) is 8.59. The average molecular weight is 221 g/mol. The molecule has 84 valence electrons. The van der Waals surface area contributed by atoms with Crippen LogP contribution in [0.2, 0.25) is 0 Å². The summed E-state index contributed by atoms with van der Waals surface area (Å²) in [6, 6.07) is 5.56. The molecule has 0 aliphatic rings. The number of carbonyl (C=O) groups is 1. The summed E-state index contributed by atoms with van der Waals surface area (Å²) in [7, 11) is 0. The highest BCUT2D eigenvalue weighted by Gasteiger charge is 2.11. The molecule has 1 aromatic rings. The van der Waals surface area contributed by atoms with Gasteiger partial charge in [-0.2, -0.15) is 0 Å². The highest BCUT2D eigenvalue weighted by Crippen LogP contribution is 2.13. The lowest BCUT2D eigenvalue weighted by Gasteiger charge is -2.01. The van der Waals surface area contributed by atoms with Crippen LogP contribution in [0.5, 0.6) is 0 Å². The summed E-state index contributed by atoms with van der Waals surface area (Å²) in [5.41, 5.74) is 0.174. The zero-order chi connectivity index (χ0) is 12.0. The Morgan fingerprint density at radius 1 is 1.56 bits per heavy atom. The third-order valence-electron chi connectivity index (χ3n) is 1.85. The second-order valence-corrected chi connectivity index (χ2v) is 3.03. The van der Waals surface area contributed by atoms with Gasteiger partial charge in [0.2, 0.25) is 0 Å². The Hall–Kier alpha value is -2.01. The van der Waals surface area contributed by atoms with Gasteiger partial charge >= 0.3 is 0 Å². The van der Waals surface area contributed by atoms with Crippen molar-refractivity contribution in [2.75, 3.05) is 13.2 Å². The van der Waals surface area contributed by atoms with Crippen molar-refractivity contribution in [1.29, 1.82) is 0 Å². The van der Waals surface area contributed by atoms with Crippen LogP contribution in [-0.2, 0) is 4.74 Å². The fourth-order valence-corrected chi connectivity index (χ4v) is 1.11. The molecule has 0 spiro atoms. The van der Waals surface area contributed by atoms with Crippen molar-refractivity contribution in [3.05, 3.63) is 52.6 Å². The number of nitrogens with zero attached hydrogens (tertiary/aromatic N) is 1. The van der Waals surface area contributed by atoms with E-state index in [1.807, 2.05) is 0 Å². The Bertz CT molecular complexity index is 414. The minimum atomic E-state index is -0.540. The summed E-state index contributed by atoms with van der Waals surface area (Å²) in [5, 5.41) is 10.5. The normalized spacial score (nSPS) is 9.75. The molecule has 0 saturated carbocycles. The van der Waals surface area contributed by atoms with Crippen LogP contribution in [0.3, 0.4) is 0 Å². The lowest BCUT2D eigenvalue weighted by molar-refractivity contribution is -0.384. The van der Waals surface area contributed by atoms with Gasteiger partial charge in [0.05, 0.1) is 11.5 Å². The van der Waals surface area contributed by atoms with E-state index in [9.17, 15) is 14.9 Å². The Labute approximate surface area is 92.5 Å². The Balaban J connectivity index is 2.71. The van der Waals surface area contributed by atoms with Crippen molar-refractivity contribution in [1.82, 2.24) is 0 Å². The first-order valence-corrected chi connectivity index (χ1v) is 4.61. The predicted octanol–water partition coefficient (Wildman–Crippen LogP) is 1.98. The first-order valence-electron chi connectivity index (χ1n) is 4.61. The van der Waals surface area contributed by atoms with E-state index in [2.05, 4.69) is 6.58 Å². The van der Waals surface area contributed by atoms with Crippen LogP contribution in [0.15, 0.2) is 36.9 Å². The van der Waals surface area contributed by atoms with Gasteiger partial charge in [-0.25, -0.2) is 0 Å². The maximum atomic E-state index is 11.5. The van der Waals surface area contributed by atoms with E-state index < -0.39 is 4.92 Å². The maximum absolute atomic E-state index is 11.5. The maximum Gasteiger partial charge on any atom is 0.270 e. The molecular formula is C11H11NO4. The van der Waals surface area contributed by atoms with Crippen molar-refractivity contribution in [3.8, 4) is 0 Å². The van der Waals surface area contributed by atoms with Gasteiger partial charge in [-0.1, -0.05) is 18.2 Å². The molecule has 0 unspecified atom stereocenters. The van der Waals surface area contributed by atoms with Crippen LogP contribution < -0.4 is 0 Å². The number of rotatable bonds is 6. The van der Waals surface area contributed by atoms with E-state index in [0.29, 0.717) is 0 Å². The Morgan fingerprint density at radius 3 is 2.94 bits per heavy atom. The largest absolute Gasteiger partial charge is 0.369 e. The second-order valence-electron chi connectivity index (χ2n) is 3.03. The van der Waals surface area contributed by atoms with Crippen LogP contribution in [-0.4, -0.2) is 23.9 Å². The van der Waals surface area contributed by atoms with E-state index in [4.69, 9.17) is 4.74 Å². The van der Waals surface area contributed by atoms with E-state index in [1.54, 1.807) is 0 Å². The van der Waals surface area contributed by atoms with Crippen molar-refractivity contribution in [2.24, 2.45) is 0 Å². The molecule has 0 aliphatic heterocycles. The molecule has 5 heteroatoms. The lowest BCUT2D eigenvalue weighted by Crippen LogP contribution is -2.09. The Morgan fingerprint density at radius 2 is 2.31 bits per heavy atom. The van der Waals surface area contributed by atoms with Crippen molar-refractivity contribution in [2.45, 2.75) is 0 Å². The molecule has 0 saturated heterocycles. The average Bonchev–Trinajstić information content (AvgIpc) is 2.29. The number of nitro benzene ring substituents is 1. The van der Waals surface area contributed by atoms with Gasteiger partial charge in [0.25, 0.3) is 5.69 Å². The number of hydrogen-bond acceptors (Lipinski definition) is 4. The topological polar surface area (TPSA) is 69.4 Å². The van der Waals surface area contributed by atoms with Gasteiger partial charge in [0.1, 0.15) is 6.61 Å². The van der Waals surface area contributed by atoms with Gasteiger partial charge in [0, 0.05) is 17.7 Å². The number of benzene rings is 1. The molecule has 0 bridgehead atoms. The number of ether oxygens (including phenoxy) is 1. The number of carbonyl (C=O) groups excluding carboxylic acids is 1. The third kappa shape index (κ3) is 3.29. The van der Waals surface area contributed by atoms with Crippen LogP contribution in [0.25, 0.3) is 0 Å². The number of ketones is 1. The predicted molar refractivity (Wildman–Crippen MR) is 58.4 cm³/mol. The van der Waals surface area contributed by atoms with E-state index in [-0.39, 0.29) is 30.2 Å². The van der Waals surface area contributed by atoms with Crippen molar-refractivity contribution >= 4 is 11.5 Å². The molecule has 0 aromatic heterocycles. The molecule has 0 aliphatic carbocycles. The third-order valence-corrected chi connectivity index (χ3v) is 1.85. The number of hydrogen-bond donors (Lipinski definition) is 0. The SMILES string of the molecule is C=CCOCC(=O)c1cccc([N+](=O)[O-])c1. The molecule has 0 N–H and O–H groups in total. The van der Waals surface area contributed by atoms with Crippen molar-refractivity contribution in [3.63, 3.8) is 0 Å². The van der Waals surface area contributed by atoms with E-state index >= 15 is 0 Å². The van der Waals surface area contributed by atoms with Crippen LogP contribution in [0, 0.1) is 10.1 Å². The molecule has 0 fully saturated rings. The van der Waals surface area contributed by atoms with E-state index in [1.165, 1.54) is 30.3 Å². The van der Waals surface area contributed by atoms with Gasteiger partial charge in [0.15, 0.2) is 5.78 Å². The minimum absolute atomic E-state index is 0.102. The molecule has 0 amide bonds. The fourth-order valence-electron chi connectivity index (χ4n) is 1.11. The zero-order valence-electron chi connectivity index (χ0n) is 8.59. The summed E-state index contributed by atoms with van der Waals surface area (Å²) in [6.07, 6.45) is 1.53.